The zero-order valence-electron chi connectivity index (χ0n) is 20.3. The highest BCUT2D eigenvalue weighted by Gasteiger charge is 2.14. The highest BCUT2D eigenvalue weighted by molar-refractivity contribution is 5.51. The molecule has 174 valence electrons. The van der Waals surface area contributed by atoms with E-state index in [4.69, 9.17) is 14.2 Å². The smallest absolute Gasteiger partial charge is 0.203 e. The van der Waals surface area contributed by atoms with E-state index in [-0.39, 0.29) is 0 Å². The fraction of sp³-hybridized carbons (Fsp3) is 0.750. The molecular formula is C24H45N3O3. The summed E-state index contributed by atoms with van der Waals surface area (Å²) in [6, 6.07) is 5.94. The number of benzene rings is 1. The first-order valence-corrected chi connectivity index (χ1v) is 11.8. The number of likely N-dealkylation sites (N-methyl/N-ethyl adjacent to an activating group) is 3. The molecule has 0 unspecified atom stereocenters. The molecule has 1 aromatic carbocycles. The number of ether oxygens (including phenoxy) is 3. The minimum atomic E-state index is 0.616. The van der Waals surface area contributed by atoms with E-state index in [0.29, 0.717) is 19.8 Å². The first-order valence-electron chi connectivity index (χ1n) is 11.8. The Morgan fingerprint density at radius 3 is 1.20 bits per heavy atom. The second kappa shape index (κ2) is 16.2. The lowest BCUT2D eigenvalue weighted by molar-refractivity contribution is 0.184. The molecule has 0 bridgehead atoms. The van der Waals surface area contributed by atoms with Crippen LogP contribution in [-0.4, -0.2) is 93.4 Å². The van der Waals surface area contributed by atoms with Crippen LogP contribution in [0.5, 0.6) is 17.2 Å². The molecule has 6 heteroatoms. The van der Waals surface area contributed by atoms with Gasteiger partial charge in [0.2, 0.25) is 5.75 Å². The van der Waals surface area contributed by atoms with Crippen molar-refractivity contribution in [1.29, 1.82) is 0 Å². The molecule has 1 rings (SSSR count). The Morgan fingerprint density at radius 2 is 0.867 bits per heavy atom. The predicted molar refractivity (Wildman–Crippen MR) is 126 cm³/mol. The van der Waals surface area contributed by atoms with Gasteiger partial charge in [0.15, 0.2) is 11.5 Å². The van der Waals surface area contributed by atoms with E-state index in [1.54, 1.807) is 0 Å². The van der Waals surface area contributed by atoms with Crippen molar-refractivity contribution in [2.75, 3.05) is 78.7 Å². The van der Waals surface area contributed by atoms with Crippen molar-refractivity contribution >= 4 is 0 Å². The fourth-order valence-electron chi connectivity index (χ4n) is 3.33. The second-order valence-corrected chi connectivity index (χ2v) is 7.21. The molecule has 6 nitrogen and oxygen atoms in total. The summed E-state index contributed by atoms with van der Waals surface area (Å²) in [5.74, 6) is 2.26. The second-order valence-electron chi connectivity index (χ2n) is 7.21. The molecular weight excluding hydrogens is 378 g/mol. The van der Waals surface area contributed by atoms with Gasteiger partial charge in [-0.05, 0) is 51.4 Å². The van der Waals surface area contributed by atoms with E-state index < -0.39 is 0 Å². The zero-order chi connectivity index (χ0) is 22.2. The SMILES string of the molecule is CCN(CC)CCOc1cccc(OCCN(CC)CC)c1OCCN(CC)CC. The lowest BCUT2D eigenvalue weighted by atomic mass is 10.3. The maximum Gasteiger partial charge on any atom is 0.203 e. The molecule has 30 heavy (non-hydrogen) atoms. The van der Waals surface area contributed by atoms with Gasteiger partial charge in [0.05, 0.1) is 0 Å². The molecule has 0 spiro atoms. The molecule has 0 heterocycles. The molecule has 1 aromatic rings. The van der Waals surface area contributed by atoms with Crippen LogP contribution >= 0.6 is 0 Å². The largest absolute Gasteiger partial charge is 0.488 e. The van der Waals surface area contributed by atoms with Crippen LogP contribution in [0, 0.1) is 0 Å². The summed E-state index contributed by atoms with van der Waals surface area (Å²) in [5, 5.41) is 0. The maximum atomic E-state index is 6.20. The number of hydrogen-bond donors (Lipinski definition) is 0. The molecule has 0 radical (unpaired) electrons. The molecule has 0 saturated carbocycles. The monoisotopic (exact) mass is 423 g/mol. The Morgan fingerprint density at radius 1 is 0.533 bits per heavy atom. The predicted octanol–water partition coefficient (Wildman–Crippen LogP) is 3.85. The number of hydrogen-bond acceptors (Lipinski definition) is 6. The minimum Gasteiger partial charge on any atom is -0.488 e. The molecule has 0 saturated heterocycles. The summed E-state index contributed by atoms with van der Waals surface area (Å²) in [6.45, 7) is 23.8. The third-order valence-corrected chi connectivity index (χ3v) is 5.61. The van der Waals surface area contributed by atoms with Gasteiger partial charge in [0.25, 0.3) is 0 Å². The van der Waals surface area contributed by atoms with Gasteiger partial charge in [-0.3, -0.25) is 0 Å². The van der Waals surface area contributed by atoms with Crippen LogP contribution < -0.4 is 14.2 Å². The van der Waals surface area contributed by atoms with Crippen LogP contribution in [-0.2, 0) is 0 Å². The summed E-state index contributed by atoms with van der Waals surface area (Å²) in [7, 11) is 0. The third-order valence-electron chi connectivity index (χ3n) is 5.61. The molecule has 0 aromatic heterocycles. The Kier molecular flexibility index (Phi) is 14.4. The minimum absolute atomic E-state index is 0.616. The average Bonchev–Trinajstić information content (AvgIpc) is 2.78. The first kappa shape index (κ1) is 26.5. The van der Waals surface area contributed by atoms with E-state index in [1.165, 1.54) is 0 Å². The van der Waals surface area contributed by atoms with Crippen molar-refractivity contribution in [2.24, 2.45) is 0 Å². The highest BCUT2D eigenvalue weighted by atomic mass is 16.5. The van der Waals surface area contributed by atoms with Crippen LogP contribution in [0.4, 0.5) is 0 Å². The topological polar surface area (TPSA) is 37.4 Å². The maximum absolute atomic E-state index is 6.20. The van der Waals surface area contributed by atoms with Crippen molar-refractivity contribution in [2.45, 2.75) is 41.5 Å². The molecule has 0 amide bonds. The Labute approximate surface area is 185 Å². The number of para-hydroxylation sites is 1. The summed E-state index contributed by atoms with van der Waals surface area (Å²) < 4.78 is 18.4. The van der Waals surface area contributed by atoms with Gasteiger partial charge in [-0.15, -0.1) is 0 Å². The molecule has 0 aliphatic carbocycles. The van der Waals surface area contributed by atoms with Crippen molar-refractivity contribution in [1.82, 2.24) is 14.7 Å². The van der Waals surface area contributed by atoms with E-state index in [2.05, 4.69) is 56.2 Å². The summed E-state index contributed by atoms with van der Waals surface area (Å²) >= 11 is 0. The van der Waals surface area contributed by atoms with E-state index in [0.717, 1.165) is 76.2 Å². The summed E-state index contributed by atoms with van der Waals surface area (Å²) in [5.41, 5.74) is 0. The molecule has 0 N–H and O–H groups in total. The standard InChI is InChI=1S/C24H45N3O3/c1-7-25(8-2)16-19-28-22-14-13-15-23(29-20-17-26(9-3)10-4)24(22)30-21-18-27(11-5)12-6/h13-15H,7-12,16-21H2,1-6H3. The Balaban J connectivity index is 2.82. The van der Waals surface area contributed by atoms with Gasteiger partial charge >= 0.3 is 0 Å². The van der Waals surface area contributed by atoms with Gasteiger partial charge < -0.3 is 28.9 Å². The molecule has 0 atom stereocenters. The molecule has 0 aliphatic heterocycles. The lowest BCUT2D eigenvalue weighted by Crippen LogP contribution is -2.29. The number of rotatable bonds is 18. The van der Waals surface area contributed by atoms with Crippen LogP contribution in [0.2, 0.25) is 0 Å². The normalized spacial score (nSPS) is 11.5. The van der Waals surface area contributed by atoms with Crippen molar-refractivity contribution < 1.29 is 14.2 Å². The summed E-state index contributed by atoms with van der Waals surface area (Å²) in [6.07, 6.45) is 0. The Hall–Kier alpha value is -1.50. The van der Waals surface area contributed by atoms with Crippen molar-refractivity contribution in [3.63, 3.8) is 0 Å². The lowest BCUT2D eigenvalue weighted by Gasteiger charge is -2.22. The van der Waals surface area contributed by atoms with Crippen LogP contribution in [0.15, 0.2) is 18.2 Å². The van der Waals surface area contributed by atoms with E-state index in [9.17, 15) is 0 Å². The highest BCUT2D eigenvalue weighted by Crippen LogP contribution is 2.37. The third kappa shape index (κ3) is 9.54. The van der Waals surface area contributed by atoms with Gasteiger partial charge in [-0.25, -0.2) is 0 Å². The van der Waals surface area contributed by atoms with Gasteiger partial charge in [-0.2, -0.15) is 0 Å². The van der Waals surface area contributed by atoms with Crippen LogP contribution in [0.25, 0.3) is 0 Å². The van der Waals surface area contributed by atoms with Crippen LogP contribution in [0.1, 0.15) is 41.5 Å². The van der Waals surface area contributed by atoms with E-state index >= 15 is 0 Å². The summed E-state index contributed by atoms with van der Waals surface area (Å²) in [4.78, 5) is 7.06. The van der Waals surface area contributed by atoms with Crippen LogP contribution in [0.3, 0.4) is 0 Å². The Bertz CT molecular complexity index is 508. The van der Waals surface area contributed by atoms with E-state index in [1.807, 2.05) is 18.2 Å². The average molecular weight is 424 g/mol. The quantitative estimate of drug-likeness (QED) is 0.357. The van der Waals surface area contributed by atoms with Gasteiger partial charge in [-0.1, -0.05) is 47.6 Å². The fourth-order valence-corrected chi connectivity index (χ4v) is 3.33. The van der Waals surface area contributed by atoms with Gasteiger partial charge in [0.1, 0.15) is 19.8 Å². The van der Waals surface area contributed by atoms with Crippen molar-refractivity contribution in [3.8, 4) is 17.2 Å². The molecule has 0 aliphatic rings. The van der Waals surface area contributed by atoms with Crippen molar-refractivity contribution in [3.05, 3.63) is 18.2 Å². The van der Waals surface area contributed by atoms with Gasteiger partial charge in [0, 0.05) is 19.6 Å². The zero-order valence-corrected chi connectivity index (χ0v) is 20.3. The first-order chi connectivity index (χ1) is 14.6. The number of nitrogens with zero attached hydrogens (tertiary/aromatic N) is 3. The molecule has 0 fully saturated rings.